The summed E-state index contributed by atoms with van der Waals surface area (Å²) in [6.07, 6.45) is 0. The highest BCUT2D eigenvalue weighted by Crippen LogP contribution is 2.40. The molecule has 0 atom stereocenters. The molecule has 0 unspecified atom stereocenters. The number of phenols is 3. The van der Waals surface area contributed by atoms with E-state index < -0.39 is 0 Å². The highest BCUT2D eigenvalue weighted by molar-refractivity contribution is 7.75. The third-order valence-electron chi connectivity index (χ3n) is 3.37. The summed E-state index contributed by atoms with van der Waals surface area (Å²) in [5.74, 6) is 0.616. The van der Waals surface area contributed by atoms with E-state index in [1.54, 1.807) is 31.2 Å². The monoisotopic (exact) mass is 317 g/mol. The van der Waals surface area contributed by atoms with E-state index in [0.29, 0.717) is 33.6 Å². The van der Waals surface area contributed by atoms with Crippen molar-refractivity contribution in [1.29, 1.82) is 0 Å². The van der Waals surface area contributed by atoms with E-state index in [1.165, 1.54) is 12.1 Å². The second kappa shape index (κ2) is 5.31. The van der Waals surface area contributed by atoms with Gasteiger partial charge in [-0.1, -0.05) is 0 Å². The van der Waals surface area contributed by atoms with Crippen molar-refractivity contribution in [2.75, 3.05) is 0 Å². The van der Waals surface area contributed by atoms with Crippen molar-refractivity contribution in [1.82, 2.24) is 0 Å². The van der Waals surface area contributed by atoms with Gasteiger partial charge in [-0.15, -0.1) is 0 Å². The quantitative estimate of drug-likeness (QED) is 0.326. The highest BCUT2D eigenvalue weighted by atomic mass is 32.1. The van der Waals surface area contributed by atoms with Gasteiger partial charge in [0.15, 0.2) is 0 Å². The van der Waals surface area contributed by atoms with Crippen LogP contribution in [-0.2, 0) is 0 Å². The number of fused-ring (bicyclic) bond motifs is 1. The average molecular weight is 317 g/mol. The van der Waals surface area contributed by atoms with Crippen LogP contribution in [0.3, 0.4) is 0 Å². The van der Waals surface area contributed by atoms with E-state index >= 15 is 0 Å². The lowest BCUT2D eigenvalue weighted by molar-refractivity contribution is 0.452. The summed E-state index contributed by atoms with van der Waals surface area (Å²) in [5, 5.41) is 29.5. The van der Waals surface area contributed by atoms with Crippen LogP contribution in [0.25, 0.3) is 22.3 Å². The van der Waals surface area contributed by atoms with Crippen molar-refractivity contribution in [3.63, 3.8) is 0 Å². The fourth-order valence-electron chi connectivity index (χ4n) is 2.25. The summed E-state index contributed by atoms with van der Waals surface area (Å²) in [5.41, 5.74) is 1.65. The Morgan fingerprint density at radius 2 is 1.77 bits per heavy atom. The Hall–Kier alpha value is -2.60. The molecule has 0 saturated heterocycles. The Morgan fingerprint density at radius 3 is 2.45 bits per heavy atom. The Bertz CT molecular complexity index is 876. The molecule has 1 aromatic heterocycles. The van der Waals surface area contributed by atoms with Gasteiger partial charge in [-0.2, -0.15) is 0 Å². The number of aryl methyl sites for hydroxylation is 1. The Morgan fingerprint density at radius 1 is 1.00 bits per heavy atom. The largest absolute Gasteiger partial charge is 0.508 e. The first kappa shape index (κ1) is 14.3. The van der Waals surface area contributed by atoms with Crippen molar-refractivity contribution >= 4 is 23.9 Å². The van der Waals surface area contributed by atoms with Gasteiger partial charge in [-0.3, -0.25) is 0 Å². The van der Waals surface area contributed by atoms with Crippen molar-refractivity contribution in [2.45, 2.75) is 6.92 Å². The number of thiol groups is 1. The van der Waals surface area contributed by atoms with Crippen LogP contribution in [0.5, 0.6) is 23.0 Å². The molecule has 0 amide bonds. The van der Waals surface area contributed by atoms with E-state index in [4.69, 9.17) is 8.60 Å². The number of phenolic OH excluding ortho intramolecular Hbond substituents is 3. The Kier molecular flexibility index (Phi) is 3.46. The minimum absolute atomic E-state index is 0.110. The van der Waals surface area contributed by atoms with Crippen LogP contribution in [-0.4, -0.2) is 15.3 Å². The lowest BCUT2D eigenvalue weighted by atomic mass is 10.1. The molecule has 22 heavy (non-hydrogen) atoms. The number of benzene rings is 2. The lowest BCUT2D eigenvalue weighted by Gasteiger charge is -2.03. The zero-order chi connectivity index (χ0) is 15.9. The van der Waals surface area contributed by atoms with Crippen LogP contribution in [0.15, 0.2) is 40.8 Å². The van der Waals surface area contributed by atoms with Gasteiger partial charge in [0.1, 0.15) is 22.6 Å². The maximum Gasteiger partial charge on any atom is 0.403 e. The molecule has 3 aromatic rings. The summed E-state index contributed by atoms with van der Waals surface area (Å²) in [4.78, 5) is 0. The number of hydrogen-bond donors (Lipinski definition) is 4. The predicted molar refractivity (Wildman–Crippen MR) is 85.4 cm³/mol. The molecule has 0 spiro atoms. The van der Waals surface area contributed by atoms with Crippen LogP contribution in [0, 0.1) is 6.92 Å². The maximum atomic E-state index is 9.88. The third-order valence-corrected chi connectivity index (χ3v) is 3.57. The molecule has 0 radical (unpaired) electrons. The minimum atomic E-state index is -0.126. The molecule has 0 fully saturated rings. The standard InChI is InChI=1S/C16H12O5S/c1-8-4-9(2-3-12(8)18)16-15(21-22)7-11-13(19)5-10(17)6-14(11)20-16/h2-7H,1H3,(H3-,17,18,19,22)/p+1. The highest BCUT2D eigenvalue weighted by Gasteiger charge is 2.25. The molecule has 0 aliphatic heterocycles. The van der Waals surface area contributed by atoms with E-state index in [-0.39, 0.29) is 17.2 Å². The van der Waals surface area contributed by atoms with E-state index in [0.717, 1.165) is 0 Å². The topological polar surface area (TPSA) is 81.2 Å². The number of hydrogen-bond acceptors (Lipinski definition) is 5. The fourth-order valence-corrected chi connectivity index (χ4v) is 2.39. The molecule has 5 nitrogen and oxygen atoms in total. The van der Waals surface area contributed by atoms with E-state index in [2.05, 4.69) is 12.9 Å². The first-order valence-corrected chi connectivity index (χ1v) is 6.80. The molecule has 6 heteroatoms. The average Bonchev–Trinajstić information content (AvgIpc) is 2.48. The molecule has 0 saturated carbocycles. The summed E-state index contributed by atoms with van der Waals surface area (Å²) >= 11 is 3.82. The smallest absolute Gasteiger partial charge is 0.403 e. The van der Waals surface area contributed by atoms with Crippen LogP contribution in [0.4, 0.5) is 0 Å². The van der Waals surface area contributed by atoms with Crippen LogP contribution in [0.2, 0.25) is 0 Å². The van der Waals surface area contributed by atoms with Crippen molar-refractivity contribution in [2.24, 2.45) is 0 Å². The van der Waals surface area contributed by atoms with E-state index in [1.807, 2.05) is 0 Å². The predicted octanol–water partition coefficient (Wildman–Crippen LogP) is 4.03. The fraction of sp³-hybridized carbons (Fsp3) is 0.0625. The second-order valence-electron chi connectivity index (χ2n) is 4.91. The SMILES string of the molecule is Cc1cc(-c2[o+]c3cc(O)cc(O)c3cc2OS)ccc1O. The van der Waals surface area contributed by atoms with Crippen LogP contribution in [0.1, 0.15) is 5.56 Å². The summed E-state index contributed by atoms with van der Waals surface area (Å²) in [7, 11) is 0. The number of aromatic hydroxyl groups is 3. The molecule has 0 aliphatic carbocycles. The first-order chi connectivity index (χ1) is 10.5. The van der Waals surface area contributed by atoms with Gasteiger partial charge in [0, 0.05) is 25.0 Å². The van der Waals surface area contributed by atoms with Gasteiger partial charge < -0.3 is 19.5 Å². The molecule has 2 aromatic carbocycles. The van der Waals surface area contributed by atoms with Gasteiger partial charge in [0.25, 0.3) is 0 Å². The first-order valence-electron chi connectivity index (χ1n) is 6.44. The van der Waals surface area contributed by atoms with Gasteiger partial charge >= 0.3 is 11.3 Å². The lowest BCUT2D eigenvalue weighted by Crippen LogP contribution is -1.87. The summed E-state index contributed by atoms with van der Waals surface area (Å²) in [6.45, 7) is 1.76. The molecule has 0 aliphatic rings. The molecular weight excluding hydrogens is 304 g/mol. The normalized spacial score (nSPS) is 10.8. The molecule has 0 bridgehead atoms. The van der Waals surface area contributed by atoms with Crippen LogP contribution >= 0.6 is 12.9 Å². The third kappa shape index (κ3) is 2.37. The molecule has 3 rings (SSSR count). The maximum absolute atomic E-state index is 9.88. The molecule has 1 heterocycles. The second-order valence-corrected chi connectivity index (χ2v) is 5.09. The zero-order valence-corrected chi connectivity index (χ0v) is 12.5. The number of rotatable bonds is 2. The molecule has 3 N–H and O–H groups in total. The van der Waals surface area contributed by atoms with E-state index in [9.17, 15) is 15.3 Å². The van der Waals surface area contributed by atoms with Gasteiger partial charge in [0.2, 0.25) is 5.75 Å². The molecular formula is C16H13O5S+. The summed E-state index contributed by atoms with van der Waals surface area (Å²) < 4.78 is 10.8. The zero-order valence-electron chi connectivity index (χ0n) is 11.6. The molecule has 112 valence electrons. The summed E-state index contributed by atoms with van der Waals surface area (Å²) in [6, 6.07) is 9.13. The van der Waals surface area contributed by atoms with Crippen LogP contribution < -0.4 is 4.18 Å². The Balaban J connectivity index is 2.30. The van der Waals surface area contributed by atoms with Crippen molar-refractivity contribution in [3.05, 3.63) is 42.0 Å². The van der Waals surface area contributed by atoms with Crippen molar-refractivity contribution in [3.8, 4) is 34.3 Å². The van der Waals surface area contributed by atoms with Crippen molar-refractivity contribution < 1.29 is 23.9 Å². The van der Waals surface area contributed by atoms with Gasteiger partial charge in [-0.25, -0.2) is 4.42 Å². The van der Waals surface area contributed by atoms with Gasteiger partial charge in [0.05, 0.1) is 11.6 Å². The van der Waals surface area contributed by atoms with Gasteiger partial charge in [-0.05, 0) is 30.7 Å². The minimum Gasteiger partial charge on any atom is -0.508 e. The Labute approximate surface area is 131 Å².